The predicted molar refractivity (Wildman–Crippen MR) is 31.3 cm³/mol. The molecule has 0 bridgehead atoms. The normalized spacial score (nSPS) is 19.2. The molecule has 0 unspecified atom stereocenters. The first-order valence-corrected chi connectivity index (χ1v) is 5.45. The second kappa shape index (κ2) is 4.28. The molecule has 0 amide bonds. The van der Waals surface area contributed by atoms with Gasteiger partial charge in [-0.15, -0.1) is 9.83 Å². The summed E-state index contributed by atoms with van der Waals surface area (Å²) < 4.78 is 0. The molecule has 1 rings (SSSR count). The molecule has 0 aromatic rings. The van der Waals surface area contributed by atoms with Crippen LogP contribution in [0.25, 0.3) is 0 Å². The van der Waals surface area contributed by atoms with Gasteiger partial charge in [-0.25, -0.2) is 0 Å². The molecule has 0 aliphatic carbocycles. The van der Waals surface area contributed by atoms with Crippen LogP contribution in [0, 0.1) is 0 Å². The largest absolute Gasteiger partial charge is 1.00 e. The summed E-state index contributed by atoms with van der Waals surface area (Å²) in [5.74, 6) is 0.491. The molecule has 0 aromatic heterocycles. The molecule has 0 N–H and O–H groups in total. The fraction of sp³-hybridized carbons (Fsp3) is 0. The van der Waals surface area contributed by atoms with Crippen molar-refractivity contribution in [2.75, 3.05) is 0 Å². The quantitative estimate of drug-likeness (QED) is 0.277. The van der Waals surface area contributed by atoms with Crippen molar-refractivity contribution in [3.8, 4) is 0 Å². The summed E-state index contributed by atoms with van der Waals surface area (Å²) in [5, 5.41) is 0. The van der Waals surface area contributed by atoms with E-state index in [4.69, 9.17) is 0 Å². The molecule has 0 radical (unpaired) electrons. The van der Waals surface area contributed by atoms with Gasteiger partial charge >= 0.3 is 29.6 Å². The summed E-state index contributed by atoms with van der Waals surface area (Å²) in [6.45, 7) is 0. The second-order valence-corrected chi connectivity index (χ2v) is 6.34. The maximum Gasteiger partial charge on any atom is 1.00 e. The Bertz CT molecular complexity index is 14.9. The molecule has 1 aliphatic rings. The third-order valence-electron chi connectivity index (χ3n) is 0.272. The number of hydrogen-bond acceptors (Lipinski definition) is 3. The molecule has 1 saturated heterocycles. The van der Waals surface area contributed by atoms with Gasteiger partial charge in [-0.2, -0.15) is 0 Å². The Balaban J connectivity index is 0.000000160. The molecule has 24 valence electrons. The van der Waals surface area contributed by atoms with Gasteiger partial charge in [0.15, 0.2) is 0 Å². The monoisotopic (exact) mass is 132 g/mol. The van der Waals surface area contributed by atoms with Crippen LogP contribution in [0.5, 0.6) is 0 Å². The summed E-state index contributed by atoms with van der Waals surface area (Å²) in [7, 11) is 6.01. The van der Waals surface area contributed by atoms with E-state index in [9.17, 15) is 0 Å². The van der Waals surface area contributed by atoms with Crippen LogP contribution >= 0.6 is 31.1 Å². The van der Waals surface area contributed by atoms with Crippen LogP contribution in [0.1, 0.15) is 0 Å². The van der Waals surface area contributed by atoms with Crippen LogP contribution in [0.4, 0.5) is 0 Å². The van der Waals surface area contributed by atoms with Gasteiger partial charge in [-0.3, -0.25) is 21.3 Å². The topological polar surface area (TPSA) is 0 Å². The molecule has 1 fully saturated rings. The molecular weight excluding hydrogens is 130 g/mol. The summed E-state index contributed by atoms with van der Waals surface area (Å²) in [6.07, 6.45) is 0. The van der Waals surface area contributed by atoms with E-state index in [-0.39, 0.29) is 29.6 Å². The van der Waals surface area contributed by atoms with Crippen molar-refractivity contribution < 1.29 is 29.6 Å². The van der Waals surface area contributed by atoms with Gasteiger partial charge in [0.25, 0.3) is 0 Å². The Morgan fingerprint density at radius 3 is 1.40 bits per heavy atom. The van der Waals surface area contributed by atoms with Crippen molar-refractivity contribution in [1.82, 2.24) is 0 Å². The average molecular weight is 132 g/mol. The Kier molecular flexibility index (Phi) is 6.09. The molecule has 1 aliphatic heterocycles. The first-order valence-electron chi connectivity index (χ1n) is 1.15. The maximum absolute atomic E-state index is 2.04. The Morgan fingerprint density at radius 2 is 1.40 bits per heavy atom. The molecule has 0 nitrogen and oxygen atoms in total. The summed E-state index contributed by atoms with van der Waals surface area (Å²) >= 11 is 0. The first-order chi connectivity index (χ1) is 2.00. The van der Waals surface area contributed by atoms with Crippen molar-refractivity contribution in [3.63, 3.8) is 0 Å². The summed E-state index contributed by atoms with van der Waals surface area (Å²) in [5.41, 5.74) is 0. The fourth-order valence-corrected chi connectivity index (χ4v) is 1.84. The smallest absolute Gasteiger partial charge is 0.295 e. The van der Waals surface area contributed by atoms with E-state index in [0.29, 0.717) is 5.84 Å². The van der Waals surface area contributed by atoms with Gasteiger partial charge in [-0.1, -0.05) is 0 Å². The molecule has 0 spiro atoms. The SMILES string of the molecule is [BH2-]1SSS1.[Na+]. The molecular formula is H2BNaS3. The fourth-order valence-electron chi connectivity index (χ4n) is 0.0680. The van der Waals surface area contributed by atoms with Crippen molar-refractivity contribution in [1.29, 1.82) is 0 Å². The predicted octanol–water partition coefficient (Wildman–Crippen LogP) is -1.97. The zero-order valence-corrected chi connectivity index (χ0v) is 7.67. The third-order valence-corrected chi connectivity index (χ3v) is 7.35. The molecule has 5 heteroatoms. The molecule has 0 aromatic carbocycles. The van der Waals surface area contributed by atoms with E-state index in [0.717, 1.165) is 0 Å². The number of hydrogen-bond donors (Lipinski definition) is 0. The van der Waals surface area contributed by atoms with E-state index in [2.05, 4.69) is 0 Å². The minimum Gasteiger partial charge on any atom is -0.295 e. The molecule has 0 atom stereocenters. The van der Waals surface area contributed by atoms with Gasteiger partial charge in [0.05, 0.1) is 0 Å². The molecule has 5 heavy (non-hydrogen) atoms. The Labute approximate surface area is 65.7 Å². The minimum absolute atomic E-state index is 0. The zero-order chi connectivity index (χ0) is 2.83. The van der Waals surface area contributed by atoms with Crippen LogP contribution < -0.4 is 29.6 Å². The van der Waals surface area contributed by atoms with Crippen LogP contribution in [0.3, 0.4) is 0 Å². The van der Waals surface area contributed by atoms with Crippen LogP contribution in [-0.2, 0) is 0 Å². The van der Waals surface area contributed by atoms with Crippen molar-refractivity contribution in [2.45, 2.75) is 0 Å². The van der Waals surface area contributed by atoms with E-state index in [1.807, 2.05) is 31.1 Å². The van der Waals surface area contributed by atoms with E-state index in [1.165, 1.54) is 0 Å². The molecule has 0 saturated carbocycles. The standard InChI is InChI=1S/BH2S3.Na/c1-2-4-3-1;/h1H2;/q-1;+1. The number of rotatable bonds is 0. The van der Waals surface area contributed by atoms with E-state index >= 15 is 0 Å². The summed E-state index contributed by atoms with van der Waals surface area (Å²) in [6, 6.07) is 0. The second-order valence-electron chi connectivity index (χ2n) is 0.568. The van der Waals surface area contributed by atoms with Crippen molar-refractivity contribution >= 4 is 37.0 Å². The zero-order valence-electron chi connectivity index (χ0n) is 3.22. The van der Waals surface area contributed by atoms with Gasteiger partial charge in [0.1, 0.15) is 5.84 Å². The van der Waals surface area contributed by atoms with E-state index in [1.54, 1.807) is 0 Å². The van der Waals surface area contributed by atoms with Gasteiger partial charge in [0.2, 0.25) is 0 Å². The van der Waals surface area contributed by atoms with E-state index < -0.39 is 0 Å². The van der Waals surface area contributed by atoms with Crippen LogP contribution in [0.2, 0.25) is 0 Å². The van der Waals surface area contributed by atoms with Gasteiger partial charge in [0, 0.05) is 0 Å². The summed E-state index contributed by atoms with van der Waals surface area (Å²) in [4.78, 5) is 0. The minimum atomic E-state index is 0. The van der Waals surface area contributed by atoms with Gasteiger partial charge in [-0.05, 0) is 0 Å². The maximum atomic E-state index is 2.04. The van der Waals surface area contributed by atoms with Crippen molar-refractivity contribution in [2.24, 2.45) is 0 Å². The average Bonchev–Trinajstić information content (AvgIpc) is 0.722. The first kappa shape index (κ1) is 7.11. The Hall–Kier alpha value is 2.11. The third kappa shape index (κ3) is 2.77. The molecule has 1 heterocycles. The van der Waals surface area contributed by atoms with Crippen LogP contribution in [-0.4, -0.2) is 5.84 Å². The van der Waals surface area contributed by atoms with Gasteiger partial charge < -0.3 is 0 Å². The van der Waals surface area contributed by atoms with Crippen molar-refractivity contribution in [3.05, 3.63) is 0 Å². The Morgan fingerprint density at radius 1 is 1.20 bits per heavy atom. The van der Waals surface area contributed by atoms with Crippen LogP contribution in [0.15, 0.2) is 0 Å².